The number of hydrogen-bond acceptors (Lipinski definition) is 3. The first-order chi connectivity index (χ1) is 9.73. The summed E-state index contributed by atoms with van der Waals surface area (Å²) >= 11 is 0. The van der Waals surface area contributed by atoms with Crippen molar-refractivity contribution in [3.05, 3.63) is 29.6 Å². The summed E-state index contributed by atoms with van der Waals surface area (Å²) in [6, 6.07) is 0.545. The van der Waals surface area contributed by atoms with E-state index in [2.05, 4.69) is 0 Å². The summed E-state index contributed by atoms with van der Waals surface area (Å²) in [5, 5.41) is 8.92. The Balaban J connectivity index is 2.41. The number of carbonyl (C=O) groups is 1. The highest BCUT2D eigenvalue weighted by Gasteiger charge is 2.36. The van der Waals surface area contributed by atoms with Crippen LogP contribution in [0.4, 0.5) is 13.2 Å². The van der Waals surface area contributed by atoms with Crippen LogP contribution < -0.4 is 0 Å². The first kappa shape index (κ1) is 15.8. The first-order valence-corrected chi connectivity index (χ1v) is 7.55. The summed E-state index contributed by atoms with van der Waals surface area (Å²) < 4.78 is 65.3. The Morgan fingerprint density at radius 1 is 1.24 bits per heavy atom. The molecule has 0 bridgehead atoms. The Morgan fingerprint density at radius 2 is 1.81 bits per heavy atom. The number of nitrogens with zero attached hydrogens (tertiary/aromatic N) is 1. The molecule has 0 spiro atoms. The second-order valence-electron chi connectivity index (χ2n) is 4.74. The van der Waals surface area contributed by atoms with Gasteiger partial charge >= 0.3 is 5.97 Å². The fraction of sp³-hybridized carbons (Fsp3) is 0.417. The van der Waals surface area contributed by atoms with Crippen molar-refractivity contribution >= 4 is 16.0 Å². The monoisotopic (exact) mass is 323 g/mol. The maximum atomic E-state index is 13.6. The molecule has 1 fully saturated rings. The Morgan fingerprint density at radius 3 is 2.33 bits per heavy atom. The van der Waals surface area contributed by atoms with E-state index in [1.165, 1.54) is 0 Å². The predicted molar refractivity (Wildman–Crippen MR) is 65.4 cm³/mol. The van der Waals surface area contributed by atoms with Gasteiger partial charge in [-0.15, -0.1) is 0 Å². The van der Waals surface area contributed by atoms with Crippen LogP contribution in [0.25, 0.3) is 0 Å². The van der Waals surface area contributed by atoms with Crippen LogP contribution in [0.15, 0.2) is 17.0 Å². The fourth-order valence-corrected chi connectivity index (χ4v) is 3.88. The third-order valence-corrected chi connectivity index (χ3v) is 5.21. The molecule has 1 aliphatic rings. The van der Waals surface area contributed by atoms with E-state index >= 15 is 0 Å². The van der Waals surface area contributed by atoms with Crippen molar-refractivity contribution in [2.45, 2.75) is 17.7 Å². The standard InChI is InChI=1S/C12H12F3NO4S/c13-8-4-9(14)11(10(15)5-8)21(19,20)16-3-1-2-7(6-16)12(17)18/h4-5,7H,1-3,6H2,(H,17,18). The van der Waals surface area contributed by atoms with E-state index in [4.69, 9.17) is 5.11 Å². The third-order valence-electron chi connectivity index (χ3n) is 3.29. The second kappa shape index (κ2) is 5.64. The van der Waals surface area contributed by atoms with Crippen molar-refractivity contribution in [1.82, 2.24) is 4.31 Å². The van der Waals surface area contributed by atoms with Gasteiger partial charge in [-0.25, -0.2) is 21.6 Å². The molecule has 0 radical (unpaired) electrons. The van der Waals surface area contributed by atoms with Crippen molar-refractivity contribution < 1.29 is 31.5 Å². The number of benzene rings is 1. The zero-order chi connectivity index (χ0) is 15.8. The molecule has 0 aromatic heterocycles. The molecular weight excluding hydrogens is 311 g/mol. The zero-order valence-corrected chi connectivity index (χ0v) is 11.5. The molecule has 1 aromatic rings. The van der Waals surface area contributed by atoms with Crippen LogP contribution in [0.3, 0.4) is 0 Å². The largest absolute Gasteiger partial charge is 0.481 e. The van der Waals surface area contributed by atoms with Gasteiger partial charge in [0, 0.05) is 25.2 Å². The highest BCUT2D eigenvalue weighted by atomic mass is 32.2. The summed E-state index contributed by atoms with van der Waals surface area (Å²) in [5.74, 6) is -6.41. The lowest BCUT2D eigenvalue weighted by atomic mass is 10.0. The summed E-state index contributed by atoms with van der Waals surface area (Å²) in [4.78, 5) is 9.67. The van der Waals surface area contributed by atoms with E-state index in [0.29, 0.717) is 4.31 Å². The summed E-state index contributed by atoms with van der Waals surface area (Å²) in [6.45, 7) is -0.406. The summed E-state index contributed by atoms with van der Waals surface area (Å²) in [6.07, 6.45) is 0.552. The number of carboxylic acid groups (broad SMARTS) is 1. The highest BCUT2D eigenvalue weighted by molar-refractivity contribution is 7.89. The lowest BCUT2D eigenvalue weighted by molar-refractivity contribution is -0.142. The number of piperidine rings is 1. The molecule has 21 heavy (non-hydrogen) atoms. The minimum absolute atomic E-state index is 0.0393. The van der Waals surface area contributed by atoms with Gasteiger partial charge in [0.1, 0.15) is 17.5 Å². The van der Waals surface area contributed by atoms with Gasteiger partial charge in [-0.3, -0.25) is 4.79 Å². The molecule has 1 aliphatic heterocycles. The van der Waals surface area contributed by atoms with Crippen LogP contribution in [0.2, 0.25) is 0 Å². The van der Waals surface area contributed by atoms with Crippen LogP contribution >= 0.6 is 0 Å². The lowest BCUT2D eigenvalue weighted by Crippen LogP contribution is -2.42. The SMILES string of the molecule is O=C(O)C1CCCN(S(=O)(=O)c2c(F)cc(F)cc2F)C1. The second-order valence-corrected chi connectivity index (χ2v) is 6.61. The van der Waals surface area contributed by atoms with Gasteiger partial charge in [0.25, 0.3) is 0 Å². The van der Waals surface area contributed by atoms with E-state index < -0.39 is 44.3 Å². The van der Waals surface area contributed by atoms with Crippen LogP contribution in [0, 0.1) is 23.4 Å². The van der Waals surface area contributed by atoms with Crippen LogP contribution in [0.5, 0.6) is 0 Å². The molecule has 1 heterocycles. The molecule has 9 heteroatoms. The van der Waals surface area contributed by atoms with Gasteiger partial charge in [0.15, 0.2) is 4.90 Å². The number of aliphatic carboxylic acids is 1. The van der Waals surface area contributed by atoms with E-state index in [9.17, 15) is 26.4 Å². The maximum absolute atomic E-state index is 13.6. The Kier molecular flexibility index (Phi) is 4.24. The van der Waals surface area contributed by atoms with E-state index in [1.807, 2.05) is 0 Å². The zero-order valence-electron chi connectivity index (χ0n) is 10.7. The smallest absolute Gasteiger partial charge is 0.307 e. The molecule has 1 saturated heterocycles. The summed E-state index contributed by atoms with van der Waals surface area (Å²) in [7, 11) is -4.55. The molecule has 0 amide bonds. The van der Waals surface area contributed by atoms with E-state index in [-0.39, 0.29) is 38.1 Å². The molecule has 1 atom stereocenters. The predicted octanol–water partition coefficient (Wildman–Crippen LogP) is 1.59. The van der Waals surface area contributed by atoms with Crippen molar-refractivity contribution in [3.8, 4) is 0 Å². The Bertz CT molecular complexity index is 654. The molecule has 5 nitrogen and oxygen atoms in total. The number of sulfonamides is 1. The molecule has 0 saturated carbocycles. The Labute approximate surface area is 119 Å². The molecule has 1 N–H and O–H groups in total. The number of hydrogen-bond donors (Lipinski definition) is 1. The van der Waals surface area contributed by atoms with E-state index in [0.717, 1.165) is 0 Å². The fourth-order valence-electron chi connectivity index (χ4n) is 2.27. The molecule has 1 aromatic carbocycles. The number of rotatable bonds is 3. The average Bonchev–Trinajstić information content (AvgIpc) is 2.37. The summed E-state index contributed by atoms with van der Waals surface area (Å²) in [5.41, 5.74) is 0. The molecule has 2 rings (SSSR count). The lowest BCUT2D eigenvalue weighted by Gasteiger charge is -2.29. The van der Waals surface area contributed by atoms with Gasteiger partial charge < -0.3 is 5.11 Å². The minimum atomic E-state index is -4.55. The van der Waals surface area contributed by atoms with Crippen LogP contribution in [0.1, 0.15) is 12.8 Å². The van der Waals surface area contributed by atoms with Crippen molar-refractivity contribution in [1.29, 1.82) is 0 Å². The van der Waals surface area contributed by atoms with Gasteiger partial charge in [0.2, 0.25) is 10.0 Å². The van der Waals surface area contributed by atoms with E-state index in [1.54, 1.807) is 0 Å². The van der Waals surface area contributed by atoms with Gasteiger partial charge in [0.05, 0.1) is 5.92 Å². The average molecular weight is 323 g/mol. The number of carboxylic acids is 1. The van der Waals surface area contributed by atoms with Gasteiger partial charge in [-0.2, -0.15) is 4.31 Å². The number of halogens is 3. The van der Waals surface area contributed by atoms with Crippen LogP contribution in [-0.4, -0.2) is 36.9 Å². The van der Waals surface area contributed by atoms with Crippen molar-refractivity contribution in [2.24, 2.45) is 5.92 Å². The molecule has 0 aliphatic carbocycles. The van der Waals surface area contributed by atoms with Crippen molar-refractivity contribution in [3.63, 3.8) is 0 Å². The van der Waals surface area contributed by atoms with Gasteiger partial charge in [-0.1, -0.05) is 0 Å². The first-order valence-electron chi connectivity index (χ1n) is 6.11. The van der Waals surface area contributed by atoms with Gasteiger partial charge in [-0.05, 0) is 12.8 Å². The molecule has 116 valence electrons. The Hall–Kier alpha value is -1.61. The van der Waals surface area contributed by atoms with Crippen molar-refractivity contribution in [2.75, 3.05) is 13.1 Å². The quantitative estimate of drug-likeness (QED) is 0.917. The topological polar surface area (TPSA) is 74.7 Å². The molecule has 1 unspecified atom stereocenters. The minimum Gasteiger partial charge on any atom is -0.481 e. The molecular formula is C12H12F3NO4S. The van der Waals surface area contributed by atoms with Crippen LogP contribution in [-0.2, 0) is 14.8 Å². The highest BCUT2D eigenvalue weighted by Crippen LogP contribution is 2.27. The third kappa shape index (κ3) is 3.03. The maximum Gasteiger partial charge on any atom is 0.307 e. The normalized spacial score (nSPS) is 20.4.